The van der Waals surface area contributed by atoms with Crippen molar-refractivity contribution in [3.63, 3.8) is 0 Å². The molecule has 0 bridgehead atoms. The number of likely N-dealkylation sites (tertiary alicyclic amines) is 1. The van der Waals surface area contributed by atoms with E-state index in [4.69, 9.17) is 5.73 Å². The summed E-state index contributed by atoms with van der Waals surface area (Å²) in [7, 11) is 0. The summed E-state index contributed by atoms with van der Waals surface area (Å²) < 4.78 is 0. The summed E-state index contributed by atoms with van der Waals surface area (Å²) in [5.74, 6) is 1.09. The molecule has 0 aliphatic carbocycles. The predicted octanol–water partition coefficient (Wildman–Crippen LogP) is 3.61. The Balaban J connectivity index is 1.69. The van der Waals surface area contributed by atoms with Crippen molar-refractivity contribution in [1.82, 2.24) is 9.88 Å². The number of thiazole rings is 1. The second-order valence-electron chi connectivity index (χ2n) is 7.58. The largest absolute Gasteiger partial charge is 0.330 e. The third-order valence-electron chi connectivity index (χ3n) is 4.70. The van der Waals surface area contributed by atoms with Gasteiger partial charge in [0.25, 0.3) is 0 Å². The lowest BCUT2D eigenvalue weighted by Crippen LogP contribution is -2.23. The Labute approximate surface area is 143 Å². The first-order chi connectivity index (χ1) is 11.0. The van der Waals surface area contributed by atoms with Crippen LogP contribution in [0.15, 0.2) is 36.5 Å². The number of hydrogen-bond acceptors (Lipinski definition) is 4. The van der Waals surface area contributed by atoms with Gasteiger partial charge in [-0.2, -0.15) is 0 Å². The van der Waals surface area contributed by atoms with E-state index in [2.05, 4.69) is 61.0 Å². The molecular formula is C19H27N3S. The second-order valence-corrected chi connectivity index (χ2v) is 8.69. The molecule has 0 spiro atoms. The minimum absolute atomic E-state index is 0.188. The Hall–Kier alpha value is -1.23. The van der Waals surface area contributed by atoms with Gasteiger partial charge in [-0.1, -0.05) is 51.1 Å². The van der Waals surface area contributed by atoms with Gasteiger partial charge in [0.1, 0.15) is 5.01 Å². The van der Waals surface area contributed by atoms with Gasteiger partial charge in [-0.25, -0.2) is 4.98 Å². The predicted molar refractivity (Wildman–Crippen MR) is 97.8 cm³/mol. The molecule has 3 rings (SSSR count). The monoisotopic (exact) mass is 329 g/mol. The van der Waals surface area contributed by atoms with Crippen molar-refractivity contribution in [3.8, 4) is 0 Å². The molecule has 2 atom stereocenters. The number of nitrogens with two attached hydrogens (primary N) is 1. The van der Waals surface area contributed by atoms with Gasteiger partial charge in [0.15, 0.2) is 0 Å². The van der Waals surface area contributed by atoms with Crippen LogP contribution >= 0.6 is 11.3 Å². The normalized spacial score (nSPS) is 22.6. The lowest BCUT2D eigenvalue weighted by atomic mass is 9.89. The van der Waals surface area contributed by atoms with Gasteiger partial charge in [-0.3, -0.25) is 4.90 Å². The van der Waals surface area contributed by atoms with Crippen LogP contribution in [0.3, 0.4) is 0 Å². The molecule has 1 aliphatic rings. The first-order valence-corrected chi connectivity index (χ1v) is 9.21. The molecule has 0 radical (unpaired) electrons. The van der Waals surface area contributed by atoms with Gasteiger partial charge < -0.3 is 5.73 Å². The minimum atomic E-state index is 0.188. The molecule has 2 N–H and O–H groups in total. The van der Waals surface area contributed by atoms with Crippen LogP contribution in [0.4, 0.5) is 0 Å². The molecule has 4 heteroatoms. The molecular weight excluding hydrogens is 302 g/mol. The molecule has 0 saturated carbocycles. The number of rotatable bonds is 4. The second kappa shape index (κ2) is 6.71. The third-order valence-corrected chi connectivity index (χ3v) is 6.11. The van der Waals surface area contributed by atoms with Crippen molar-refractivity contribution in [3.05, 3.63) is 52.0 Å². The average Bonchev–Trinajstić information content (AvgIpc) is 3.15. The van der Waals surface area contributed by atoms with E-state index in [0.29, 0.717) is 11.8 Å². The number of hydrogen-bond donors (Lipinski definition) is 1. The number of benzene rings is 1. The Kier molecular flexibility index (Phi) is 4.85. The van der Waals surface area contributed by atoms with Crippen LogP contribution in [0, 0.1) is 5.92 Å². The molecule has 124 valence electrons. The fourth-order valence-corrected chi connectivity index (χ4v) is 4.35. The first-order valence-electron chi connectivity index (χ1n) is 8.40. The highest BCUT2D eigenvalue weighted by atomic mass is 32.1. The van der Waals surface area contributed by atoms with E-state index in [1.54, 1.807) is 0 Å². The minimum Gasteiger partial charge on any atom is -0.330 e. The Morgan fingerprint density at radius 2 is 1.96 bits per heavy atom. The summed E-state index contributed by atoms with van der Waals surface area (Å²) in [6.07, 6.45) is 2.05. The molecule has 1 aromatic heterocycles. The SMILES string of the molecule is CC(C)(C)c1cnc(CN2C[C@@H](CN)[C@H](c3ccccc3)C2)s1. The molecule has 1 fully saturated rings. The highest BCUT2D eigenvalue weighted by Gasteiger charge is 2.33. The number of aromatic nitrogens is 1. The lowest BCUT2D eigenvalue weighted by Gasteiger charge is -2.16. The zero-order valence-electron chi connectivity index (χ0n) is 14.3. The number of nitrogens with zero attached hydrogens (tertiary/aromatic N) is 2. The highest BCUT2D eigenvalue weighted by Crippen LogP contribution is 2.34. The fourth-order valence-electron chi connectivity index (χ4n) is 3.33. The summed E-state index contributed by atoms with van der Waals surface area (Å²) in [4.78, 5) is 8.52. The van der Waals surface area contributed by atoms with Gasteiger partial charge in [-0.05, 0) is 23.4 Å². The van der Waals surface area contributed by atoms with E-state index in [-0.39, 0.29) is 5.41 Å². The highest BCUT2D eigenvalue weighted by molar-refractivity contribution is 7.11. The van der Waals surface area contributed by atoms with E-state index in [1.165, 1.54) is 15.4 Å². The van der Waals surface area contributed by atoms with E-state index in [1.807, 2.05) is 17.5 Å². The lowest BCUT2D eigenvalue weighted by molar-refractivity contribution is 0.316. The standard InChI is InChI=1S/C19H27N3S/c1-19(2,3)17-10-21-18(23-17)13-22-11-15(9-20)16(12-22)14-7-5-4-6-8-14/h4-8,10,15-16H,9,11-13,20H2,1-3H3/t15-,16+/m1/s1. The van der Waals surface area contributed by atoms with Crippen molar-refractivity contribution in [2.75, 3.05) is 19.6 Å². The quantitative estimate of drug-likeness (QED) is 0.931. The fraction of sp³-hybridized carbons (Fsp3) is 0.526. The zero-order chi connectivity index (χ0) is 16.4. The molecule has 3 nitrogen and oxygen atoms in total. The van der Waals surface area contributed by atoms with Crippen molar-refractivity contribution >= 4 is 11.3 Å². The third kappa shape index (κ3) is 3.82. The van der Waals surface area contributed by atoms with Crippen LogP contribution in [0.1, 0.15) is 42.1 Å². The van der Waals surface area contributed by atoms with Crippen LogP contribution in [-0.2, 0) is 12.0 Å². The van der Waals surface area contributed by atoms with Crippen molar-refractivity contribution in [2.24, 2.45) is 11.7 Å². The summed E-state index contributed by atoms with van der Waals surface area (Å²) in [6.45, 7) is 10.6. The van der Waals surface area contributed by atoms with Crippen LogP contribution in [-0.4, -0.2) is 29.5 Å². The van der Waals surface area contributed by atoms with Crippen LogP contribution in [0.25, 0.3) is 0 Å². The zero-order valence-corrected chi connectivity index (χ0v) is 15.1. The van der Waals surface area contributed by atoms with Gasteiger partial charge in [0.05, 0.1) is 6.54 Å². The maximum Gasteiger partial charge on any atom is 0.107 e. The van der Waals surface area contributed by atoms with Gasteiger partial charge in [-0.15, -0.1) is 11.3 Å². The van der Waals surface area contributed by atoms with Gasteiger partial charge in [0, 0.05) is 30.1 Å². The molecule has 2 heterocycles. The van der Waals surface area contributed by atoms with E-state index in [0.717, 1.165) is 26.2 Å². The molecule has 0 unspecified atom stereocenters. The first kappa shape index (κ1) is 16.6. The molecule has 1 saturated heterocycles. The molecule has 1 aromatic carbocycles. The molecule has 0 amide bonds. The summed E-state index contributed by atoms with van der Waals surface area (Å²) in [5, 5.41) is 1.22. The van der Waals surface area contributed by atoms with Crippen LogP contribution in [0.5, 0.6) is 0 Å². The van der Waals surface area contributed by atoms with Crippen LogP contribution in [0.2, 0.25) is 0 Å². The van der Waals surface area contributed by atoms with Gasteiger partial charge in [0.2, 0.25) is 0 Å². The summed E-state index contributed by atoms with van der Waals surface area (Å²) in [6, 6.07) is 10.8. The molecule has 23 heavy (non-hydrogen) atoms. The maximum atomic E-state index is 6.04. The average molecular weight is 330 g/mol. The van der Waals surface area contributed by atoms with E-state index in [9.17, 15) is 0 Å². The molecule has 1 aliphatic heterocycles. The smallest absolute Gasteiger partial charge is 0.107 e. The molecule has 2 aromatic rings. The van der Waals surface area contributed by atoms with Crippen molar-refractivity contribution < 1.29 is 0 Å². The van der Waals surface area contributed by atoms with Crippen molar-refractivity contribution in [1.29, 1.82) is 0 Å². The topological polar surface area (TPSA) is 42.2 Å². The summed E-state index contributed by atoms with van der Waals surface area (Å²) in [5.41, 5.74) is 7.64. The van der Waals surface area contributed by atoms with Gasteiger partial charge >= 0.3 is 0 Å². The van der Waals surface area contributed by atoms with Crippen molar-refractivity contribution in [2.45, 2.75) is 38.6 Å². The maximum absolute atomic E-state index is 6.04. The Bertz CT molecular complexity index is 630. The summed E-state index contributed by atoms with van der Waals surface area (Å²) >= 11 is 1.85. The van der Waals surface area contributed by atoms with E-state index < -0.39 is 0 Å². The van der Waals surface area contributed by atoms with Crippen LogP contribution < -0.4 is 5.73 Å². The Morgan fingerprint density at radius 1 is 1.22 bits per heavy atom. The Morgan fingerprint density at radius 3 is 2.57 bits per heavy atom. The van der Waals surface area contributed by atoms with E-state index >= 15 is 0 Å².